The van der Waals surface area contributed by atoms with E-state index in [0.29, 0.717) is 27.3 Å². The van der Waals surface area contributed by atoms with E-state index in [-0.39, 0.29) is 17.1 Å². The fourth-order valence-corrected chi connectivity index (χ4v) is 4.92. The van der Waals surface area contributed by atoms with Gasteiger partial charge in [-0.1, -0.05) is 11.6 Å². The first-order valence-electron chi connectivity index (χ1n) is 8.19. The van der Waals surface area contributed by atoms with E-state index in [0.717, 1.165) is 36.5 Å². The molecule has 0 N–H and O–H groups in total. The molecule has 6 nitrogen and oxygen atoms in total. The molecular weight excluding hydrogens is 409 g/mol. The van der Waals surface area contributed by atoms with Crippen molar-refractivity contribution in [1.29, 1.82) is 5.26 Å². The Morgan fingerprint density at radius 2 is 2.19 bits per heavy atom. The lowest BCUT2D eigenvalue weighted by atomic mass is 10.2. The molecule has 0 bridgehead atoms. The van der Waals surface area contributed by atoms with Gasteiger partial charge in [-0.05, 0) is 60.4 Å². The van der Waals surface area contributed by atoms with Gasteiger partial charge in [-0.2, -0.15) is 9.64 Å². The first kappa shape index (κ1) is 18.4. The molecule has 1 saturated heterocycles. The fraction of sp³-hybridized carbons (Fsp3) is 0.294. The first-order chi connectivity index (χ1) is 13.2. The van der Waals surface area contributed by atoms with E-state index in [1.807, 2.05) is 4.57 Å². The highest BCUT2D eigenvalue weighted by atomic mass is 35.5. The van der Waals surface area contributed by atoms with Gasteiger partial charge in [0.25, 0.3) is 0 Å². The van der Waals surface area contributed by atoms with Crippen LogP contribution < -0.4 is 0 Å². The molecule has 1 atom stereocenters. The van der Waals surface area contributed by atoms with Crippen molar-refractivity contribution in [2.24, 2.45) is 0 Å². The molecule has 0 amide bonds. The van der Waals surface area contributed by atoms with Crippen LogP contribution in [0.5, 0.6) is 0 Å². The van der Waals surface area contributed by atoms with Crippen LogP contribution in [-0.2, 0) is 11.3 Å². The minimum atomic E-state index is -0.309. The Hall–Kier alpha value is -1.99. The van der Waals surface area contributed by atoms with Crippen molar-refractivity contribution in [1.82, 2.24) is 19.1 Å². The number of halogens is 2. The Balaban J connectivity index is 1.72. The zero-order valence-electron chi connectivity index (χ0n) is 13.9. The molecule has 27 heavy (non-hydrogen) atoms. The molecule has 0 aliphatic carbocycles. The Morgan fingerprint density at radius 3 is 2.89 bits per heavy atom. The van der Waals surface area contributed by atoms with Crippen LogP contribution in [0.4, 0.5) is 4.39 Å². The van der Waals surface area contributed by atoms with Crippen molar-refractivity contribution in [3.63, 3.8) is 0 Å². The minimum Gasteiger partial charge on any atom is -0.376 e. The number of rotatable bonds is 5. The summed E-state index contributed by atoms with van der Waals surface area (Å²) in [5.41, 5.74) is 1.10. The molecule has 1 fully saturated rings. The van der Waals surface area contributed by atoms with Crippen molar-refractivity contribution >= 4 is 34.9 Å². The van der Waals surface area contributed by atoms with E-state index in [2.05, 4.69) is 20.6 Å². The van der Waals surface area contributed by atoms with Crippen molar-refractivity contribution in [3.05, 3.63) is 40.8 Å². The van der Waals surface area contributed by atoms with Gasteiger partial charge in [0.05, 0.1) is 12.6 Å². The van der Waals surface area contributed by atoms with E-state index >= 15 is 0 Å². The van der Waals surface area contributed by atoms with Crippen LogP contribution in [0.1, 0.15) is 18.4 Å². The summed E-state index contributed by atoms with van der Waals surface area (Å²) in [6.45, 7) is 1.32. The number of aromatic nitrogens is 4. The molecule has 10 heteroatoms. The number of benzene rings is 1. The van der Waals surface area contributed by atoms with Crippen LogP contribution in [0.2, 0.25) is 5.15 Å². The van der Waals surface area contributed by atoms with Crippen LogP contribution in [0, 0.1) is 17.1 Å². The zero-order valence-corrected chi connectivity index (χ0v) is 16.3. The molecule has 3 heterocycles. The lowest BCUT2D eigenvalue weighted by Gasteiger charge is -2.14. The molecule has 1 aliphatic rings. The summed E-state index contributed by atoms with van der Waals surface area (Å²) >= 11 is 8.42. The SMILES string of the molecule is N#Cc1c(Cl)nsc1Sc1nnc(-c2ccc(F)cc2)n1CC1CCCO1. The molecule has 0 radical (unpaired) electrons. The van der Waals surface area contributed by atoms with Gasteiger partial charge < -0.3 is 4.74 Å². The topological polar surface area (TPSA) is 76.6 Å². The van der Waals surface area contributed by atoms with Crippen molar-refractivity contribution in [2.75, 3.05) is 6.61 Å². The Morgan fingerprint density at radius 1 is 1.37 bits per heavy atom. The summed E-state index contributed by atoms with van der Waals surface area (Å²) in [7, 11) is 0. The molecule has 0 spiro atoms. The summed E-state index contributed by atoms with van der Waals surface area (Å²) in [5.74, 6) is 0.318. The molecule has 1 aliphatic heterocycles. The van der Waals surface area contributed by atoms with Crippen molar-refractivity contribution in [2.45, 2.75) is 34.9 Å². The van der Waals surface area contributed by atoms with E-state index in [4.69, 9.17) is 16.3 Å². The maximum Gasteiger partial charge on any atom is 0.197 e. The number of nitrogens with zero attached hydrogens (tertiary/aromatic N) is 5. The first-order valence-corrected chi connectivity index (χ1v) is 10.2. The molecule has 3 aromatic rings. The summed E-state index contributed by atoms with van der Waals surface area (Å²) in [6, 6.07) is 8.20. The Bertz CT molecular complexity index is 992. The molecule has 1 aromatic carbocycles. The third-order valence-electron chi connectivity index (χ3n) is 4.14. The highest BCUT2D eigenvalue weighted by Gasteiger charge is 2.24. The quantitative estimate of drug-likeness (QED) is 0.607. The molecule has 138 valence electrons. The van der Waals surface area contributed by atoms with E-state index in [1.54, 1.807) is 12.1 Å². The highest BCUT2D eigenvalue weighted by molar-refractivity contribution is 8.01. The second kappa shape index (κ2) is 7.94. The normalized spacial score (nSPS) is 16.6. The third-order valence-corrected chi connectivity index (χ3v) is 6.51. The van der Waals surface area contributed by atoms with Gasteiger partial charge in [-0.25, -0.2) is 4.39 Å². The monoisotopic (exact) mass is 421 g/mol. The number of ether oxygens (including phenoxy) is 1. The Kier molecular flexibility index (Phi) is 5.41. The van der Waals surface area contributed by atoms with Crippen LogP contribution in [0.15, 0.2) is 33.6 Å². The maximum atomic E-state index is 13.3. The summed E-state index contributed by atoms with van der Waals surface area (Å²) in [5, 5.41) is 18.7. The van der Waals surface area contributed by atoms with Gasteiger partial charge in [0.15, 0.2) is 16.1 Å². The summed E-state index contributed by atoms with van der Waals surface area (Å²) in [6.07, 6.45) is 2.05. The molecular formula is C17H13ClFN5OS2. The summed E-state index contributed by atoms with van der Waals surface area (Å²) < 4.78 is 25.7. The van der Waals surface area contributed by atoms with E-state index in [9.17, 15) is 9.65 Å². The van der Waals surface area contributed by atoms with Gasteiger partial charge in [0.2, 0.25) is 0 Å². The highest BCUT2D eigenvalue weighted by Crippen LogP contribution is 2.37. The van der Waals surface area contributed by atoms with Gasteiger partial charge in [0.1, 0.15) is 21.7 Å². The smallest absolute Gasteiger partial charge is 0.197 e. The molecule has 1 unspecified atom stereocenters. The second-order valence-electron chi connectivity index (χ2n) is 5.91. The lowest BCUT2D eigenvalue weighted by molar-refractivity contribution is 0.0953. The van der Waals surface area contributed by atoms with Crippen LogP contribution >= 0.6 is 34.9 Å². The van der Waals surface area contributed by atoms with E-state index in [1.165, 1.54) is 23.9 Å². The zero-order chi connectivity index (χ0) is 18.8. The van der Waals surface area contributed by atoms with Crippen LogP contribution in [0.25, 0.3) is 11.4 Å². The van der Waals surface area contributed by atoms with Gasteiger partial charge >= 0.3 is 0 Å². The van der Waals surface area contributed by atoms with Crippen LogP contribution in [-0.4, -0.2) is 31.8 Å². The average Bonchev–Trinajstić information content (AvgIpc) is 3.39. The minimum absolute atomic E-state index is 0.0695. The molecule has 2 aromatic heterocycles. The molecule has 0 saturated carbocycles. The second-order valence-corrected chi connectivity index (χ2v) is 8.28. The number of hydrogen-bond donors (Lipinski definition) is 0. The third kappa shape index (κ3) is 3.84. The number of nitriles is 1. The largest absolute Gasteiger partial charge is 0.376 e. The van der Waals surface area contributed by atoms with Crippen molar-refractivity contribution < 1.29 is 9.13 Å². The predicted molar refractivity (Wildman–Crippen MR) is 100 cm³/mol. The number of hydrogen-bond acceptors (Lipinski definition) is 7. The Labute approximate surface area is 168 Å². The van der Waals surface area contributed by atoms with Crippen LogP contribution in [0.3, 0.4) is 0 Å². The fourth-order valence-electron chi connectivity index (χ4n) is 2.83. The van der Waals surface area contributed by atoms with Gasteiger partial charge in [-0.3, -0.25) is 4.57 Å². The lowest BCUT2D eigenvalue weighted by Crippen LogP contribution is -2.16. The van der Waals surface area contributed by atoms with E-state index < -0.39 is 0 Å². The van der Waals surface area contributed by atoms with Crippen molar-refractivity contribution in [3.8, 4) is 17.5 Å². The average molecular weight is 422 g/mol. The standard InChI is InChI=1S/C17H13ClFN5OS2/c18-14-13(8-20)16(27-23-14)26-17-22-21-15(10-3-5-11(19)6-4-10)24(17)9-12-2-1-7-25-12/h3-6,12H,1-2,7,9H2. The van der Waals surface area contributed by atoms with Gasteiger partial charge in [0, 0.05) is 12.2 Å². The summed E-state index contributed by atoms with van der Waals surface area (Å²) in [4.78, 5) is 0. The predicted octanol–water partition coefficient (Wildman–Crippen LogP) is 4.40. The van der Waals surface area contributed by atoms with Gasteiger partial charge in [-0.15, -0.1) is 10.2 Å². The maximum absolute atomic E-state index is 13.3. The molecule has 4 rings (SSSR count).